The number of carbonyl (C=O) groups is 1. The zero-order chi connectivity index (χ0) is 14.0. The first-order chi connectivity index (χ1) is 8.88. The Labute approximate surface area is 112 Å². The number of ether oxygens (including phenoxy) is 2. The third-order valence-corrected chi connectivity index (χ3v) is 2.93. The SMILES string of the molecule is CC(C)(C)/C(=C\C(=O)O)c1ccc2c(c1)OCCO2. The van der Waals surface area contributed by atoms with Gasteiger partial charge in [-0.3, -0.25) is 0 Å². The van der Waals surface area contributed by atoms with Gasteiger partial charge in [0, 0.05) is 6.08 Å². The van der Waals surface area contributed by atoms with E-state index in [0.29, 0.717) is 24.7 Å². The quantitative estimate of drug-likeness (QED) is 0.832. The zero-order valence-electron chi connectivity index (χ0n) is 11.4. The molecule has 0 saturated heterocycles. The molecule has 0 radical (unpaired) electrons. The molecule has 102 valence electrons. The molecule has 0 bridgehead atoms. The second-order valence-corrected chi connectivity index (χ2v) is 5.50. The van der Waals surface area contributed by atoms with Gasteiger partial charge >= 0.3 is 5.97 Å². The predicted molar refractivity (Wildman–Crippen MR) is 72.5 cm³/mol. The minimum atomic E-state index is -0.945. The lowest BCUT2D eigenvalue weighted by Crippen LogP contribution is -2.16. The Kier molecular flexibility index (Phi) is 3.51. The van der Waals surface area contributed by atoms with Gasteiger partial charge in [0.25, 0.3) is 0 Å². The molecule has 0 fully saturated rings. The van der Waals surface area contributed by atoms with Crippen molar-refractivity contribution in [1.82, 2.24) is 0 Å². The molecular weight excluding hydrogens is 244 g/mol. The fraction of sp³-hybridized carbons (Fsp3) is 0.400. The van der Waals surface area contributed by atoms with Crippen LogP contribution in [-0.4, -0.2) is 24.3 Å². The average Bonchev–Trinajstić information content (AvgIpc) is 2.34. The number of allylic oxidation sites excluding steroid dienone is 1. The van der Waals surface area contributed by atoms with E-state index in [9.17, 15) is 4.79 Å². The Morgan fingerprint density at radius 3 is 2.42 bits per heavy atom. The van der Waals surface area contributed by atoms with Crippen LogP contribution in [0.5, 0.6) is 11.5 Å². The summed E-state index contributed by atoms with van der Waals surface area (Å²) < 4.78 is 11.0. The Morgan fingerprint density at radius 2 is 1.84 bits per heavy atom. The monoisotopic (exact) mass is 262 g/mol. The normalized spacial score (nSPS) is 15.2. The predicted octanol–water partition coefficient (Wildman–Crippen LogP) is 2.97. The summed E-state index contributed by atoms with van der Waals surface area (Å²) in [6, 6.07) is 5.54. The van der Waals surface area contributed by atoms with Crippen molar-refractivity contribution in [3.8, 4) is 11.5 Å². The molecule has 1 aromatic carbocycles. The maximum absolute atomic E-state index is 11.0. The number of hydrogen-bond donors (Lipinski definition) is 1. The van der Waals surface area contributed by atoms with E-state index < -0.39 is 5.97 Å². The van der Waals surface area contributed by atoms with E-state index in [2.05, 4.69) is 0 Å². The van der Waals surface area contributed by atoms with Crippen LogP contribution < -0.4 is 9.47 Å². The summed E-state index contributed by atoms with van der Waals surface area (Å²) in [7, 11) is 0. The first-order valence-corrected chi connectivity index (χ1v) is 6.23. The standard InChI is InChI=1S/C15H18O4/c1-15(2,3)11(9-14(16)17)10-4-5-12-13(8-10)19-7-6-18-12/h4-5,8-9H,6-7H2,1-3H3,(H,16,17)/b11-9-. The van der Waals surface area contributed by atoms with E-state index in [0.717, 1.165) is 11.1 Å². The smallest absolute Gasteiger partial charge is 0.328 e. The highest BCUT2D eigenvalue weighted by atomic mass is 16.6. The minimum Gasteiger partial charge on any atom is -0.486 e. The lowest BCUT2D eigenvalue weighted by atomic mass is 9.81. The van der Waals surface area contributed by atoms with Crippen molar-refractivity contribution in [3.05, 3.63) is 29.8 Å². The molecule has 0 spiro atoms. The highest BCUT2D eigenvalue weighted by molar-refractivity contribution is 5.91. The fourth-order valence-electron chi connectivity index (χ4n) is 2.07. The molecule has 1 N–H and O–H groups in total. The molecular formula is C15H18O4. The highest BCUT2D eigenvalue weighted by Crippen LogP contribution is 2.38. The van der Waals surface area contributed by atoms with Crippen LogP contribution >= 0.6 is 0 Å². The molecule has 2 rings (SSSR count). The number of carboxylic acid groups (broad SMARTS) is 1. The third kappa shape index (κ3) is 3.08. The van der Waals surface area contributed by atoms with Gasteiger partial charge in [-0.1, -0.05) is 26.8 Å². The summed E-state index contributed by atoms with van der Waals surface area (Å²) >= 11 is 0. The van der Waals surface area contributed by atoms with Gasteiger partial charge in [0.1, 0.15) is 13.2 Å². The van der Waals surface area contributed by atoms with Crippen LogP contribution in [0.4, 0.5) is 0 Å². The highest BCUT2D eigenvalue weighted by Gasteiger charge is 2.22. The van der Waals surface area contributed by atoms with Crippen LogP contribution in [0.3, 0.4) is 0 Å². The Morgan fingerprint density at radius 1 is 1.21 bits per heavy atom. The fourth-order valence-corrected chi connectivity index (χ4v) is 2.07. The van der Waals surface area contributed by atoms with Crippen molar-refractivity contribution in [2.24, 2.45) is 5.41 Å². The lowest BCUT2D eigenvalue weighted by molar-refractivity contribution is -0.131. The number of hydrogen-bond acceptors (Lipinski definition) is 3. The van der Waals surface area contributed by atoms with Crippen molar-refractivity contribution >= 4 is 11.5 Å². The summed E-state index contributed by atoms with van der Waals surface area (Å²) in [4.78, 5) is 11.0. The van der Waals surface area contributed by atoms with E-state index >= 15 is 0 Å². The molecule has 0 aromatic heterocycles. The van der Waals surface area contributed by atoms with Crippen molar-refractivity contribution in [2.75, 3.05) is 13.2 Å². The van der Waals surface area contributed by atoms with E-state index in [1.54, 1.807) is 0 Å². The van der Waals surface area contributed by atoms with Crippen LogP contribution in [-0.2, 0) is 4.79 Å². The minimum absolute atomic E-state index is 0.262. The molecule has 0 atom stereocenters. The van der Waals surface area contributed by atoms with Gasteiger partial charge < -0.3 is 14.6 Å². The molecule has 0 amide bonds. The zero-order valence-corrected chi connectivity index (χ0v) is 11.4. The average molecular weight is 262 g/mol. The Balaban J connectivity index is 2.46. The molecule has 0 saturated carbocycles. The van der Waals surface area contributed by atoms with Gasteiger partial charge in [0.15, 0.2) is 11.5 Å². The van der Waals surface area contributed by atoms with Crippen molar-refractivity contribution in [3.63, 3.8) is 0 Å². The van der Waals surface area contributed by atoms with Gasteiger partial charge in [-0.25, -0.2) is 4.79 Å². The summed E-state index contributed by atoms with van der Waals surface area (Å²) in [5, 5.41) is 9.01. The molecule has 0 unspecified atom stereocenters. The van der Waals surface area contributed by atoms with Crippen molar-refractivity contribution < 1.29 is 19.4 Å². The number of aliphatic carboxylic acids is 1. The molecule has 1 heterocycles. The number of carboxylic acids is 1. The van der Waals surface area contributed by atoms with E-state index in [1.165, 1.54) is 6.08 Å². The van der Waals surface area contributed by atoms with Crippen LogP contribution in [0, 0.1) is 5.41 Å². The molecule has 1 aromatic rings. The number of fused-ring (bicyclic) bond motifs is 1. The Hall–Kier alpha value is -1.97. The summed E-state index contributed by atoms with van der Waals surface area (Å²) in [6.45, 7) is 7.02. The topological polar surface area (TPSA) is 55.8 Å². The van der Waals surface area contributed by atoms with Gasteiger partial charge in [0.2, 0.25) is 0 Å². The third-order valence-electron chi connectivity index (χ3n) is 2.93. The largest absolute Gasteiger partial charge is 0.486 e. The van der Waals surface area contributed by atoms with Crippen LogP contribution in [0.15, 0.2) is 24.3 Å². The van der Waals surface area contributed by atoms with Gasteiger partial charge in [-0.15, -0.1) is 0 Å². The lowest BCUT2D eigenvalue weighted by Gasteiger charge is -2.25. The number of benzene rings is 1. The van der Waals surface area contributed by atoms with Crippen LogP contribution in [0.25, 0.3) is 5.57 Å². The maximum Gasteiger partial charge on any atom is 0.328 e. The second kappa shape index (κ2) is 4.96. The maximum atomic E-state index is 11.0. The summed E-state index contributed by atoms with van der Waals surface area (Å²) in [6.07, 6.45) is 1.26. The van der Waals surface area contributed by atoms with Crippen LogP contribution in [0.2, 0.25) is 0 Å². The van der Waals surface area contributed by atoms with Crippen LogP contribution in [0.1, 0.15) is 26.3 Å². The summed E-state index contributed by atoms with van der Waals surface area (Å²) in [5.74, 6) is 0.433. The first kappa shape index (κ1) is 13.5. The molecule has 1 aliphatic rings. The van der Waals surface area contributed by atoms with E-state index in [1.807, 2.05) is 39.0 Å². The summed E-state index contributed by atoms with van der Waals surface area (Å²) in [5.41, 5.74) is 1.35. The van der Waals surface area contributed by atoms with Crippen molar-refractivity contribution in [1.29, 1.82) is 0 Å². The molecule has 19 heavy (non-hydrogen) atoms. The molecule has 4 nitrogen and oxygen atoms in total. The van der Waals surface area contributed by atoms with E-state index in [4.69, 9.17) is 14.6 Å². The van der Waals surface area contributed by atoms with E-state index in [-0.39, 0.29) is 5.41 Å². The molecule has 1 aliphatic heterocycles. The number of rotatable bonds is 2. The van der Waals surface area contributed by atoms with Gasteiger partial charge in [0.05, 0.1) is 0 Å². The van der Waals surface area contributed by atoms with Gasteiger partial charge in [-0.2, -0.15) is 0 Å². The van der Waals surface area contributed by atoms with Crippen molar-refractivity contribution in [2.45, 2.75) is 20.8 Å². The Bertz CT molecular complexity index is 523. The molecule has 0 aliphatic carbocycles. The first-order valence-electron chi connectivity index (χ1n) is 6.23. The molecule has 4 heteroatoms. The van der Waals surface area contributed by atoms with Gasteiger partial charge in [-0.05, 0) is 28.7 Å². The second-order valence-electron chi connectivity index (χ2n) is 5.50.